The second kappa shape index (κ2) is 16.7. The number of amides is 3. The quantitative estimate of drug-likeness (QED) is 0.282. The molecule has 6 atom stereocenters. The molecule has 0 radical (unpaired) electrons. The fourth-order valence-corrected chi connectivity index (χ4v) is 5.80. The molecule has 2 fully saturated rings. The van der Waals surface area contributed by atoms with Crippen LogP contribution >= 0.6 is 0 Å². The SMILES string of the molecule is CN[C@@H](C)C(=O)N1CCC[C@@H](C(=O)N2CCCC2c2cccc(/C=C/CC[C@@H](OC)[C@@H](C)C(=O)N[C@H](C=O)C(C)C)c2)N1. The van der Waals surface area contributed by atoms with E-state index in [4.69, 9.17) is 4.74 Å². The maximum atomic E-state index is 13.6. The third-order valence-corrected chi connectivity index (χ3v) is 8.76. The van der Waals surface area contributed by atoms with E-state index in [0.29, 0.717) is 25.9 Å². The Kier molecular flexibility index (Phi) is 13.3. The average Bonchev–Trinajstić information content (AvgIpc) is 3.52. The summed E-state index contributed by atoms with van der Waals surface area (Å²) < 4.78 is 5.62. The van der Waals surface area contributed by atoms with Crippen molar-refractivity contribution in [3.05, 3.63) is 41.5 Å². The number of likely N-dealkylation sites (N-methyl/N-ethyl adjacent to an activating group) is 1. The summed E-state index contributed by atoms with van der Waals surface area (Å²) >= 11 is 0. The van der Waals surface area contributed by atoms with Gasteiger partial charge in [-0.15, -0.1) is 0 Å². The summed E-state index contributed by atoms with van der Waals surface area (Å²) in [5.74, 6) is -0.538. The lowest BCUT2D eigenvalue weighted by Crippen LogP contribution is -2.60. The van der Waals surface area contributed by atoms with E-state index in [-0.39, 0.29) is 47.7 Å². The number of carbonyl (C=O) groups is 4. The second-order valence-electron chi connectivity index (χ2n) is 12.1. The van der Waals surface area contributed by atoms with E-state index < -0.39 is 12.1 Å². The maximum absolute atomic E-state index is 13.6. The van der Waals surface area contributed by atoms with Crippen LogP contribution in [0.15, 0.2) is 30.3 Å². The molecule has 0 bridgehead atoms. The summed E-state index contributed by atoms with van der Waals surface area (Å²) in [6.45, 7) is 8.76. The minimum absolute atomic E-state index is 0.00299. The van der Waals surface area contributed by atoms with Crippen LogP contribution in [0.25, 0.3) is 6.08 Å². The Bertz CT molecular complexity index is 1120. The van der Waals surface area contributed by atoms with Crippen molar-refractivity contribution < 1.29 is 23.9 Å². The van der Waals surface area contributed by atoms with Crippen LogP contribution < -0.4 is 16.1 Å². The maximum Gasteiger partial charge on any atom is 0.253 e. The molecule has 3 N–H and O–H groups in total. The van der Waals surface area contributed by atoms with Crippen molar-refractivity contribution in [2.75, 3.05) is 27.2 Å². The second-order valence-corrected chi connectivity index (χ2v) is 12.1. The molecule has 2 heterocycles. The van der Waals surface area contributed by atoms with Gasteiger partial charge in [0.2, 0.25) is 11.8 Å². The molecule has 0 saturated carbocycles. The van der Waals surface area contributed by atoms with Crippen LogP contribution in [-0.4, -0.2) is 85.4 Å². The number of methoxy groups -OCH3 is 1. The van der Waals surface area contributed by atoms with Gasteiger partial charge in [-0.25, -0.2) is 5.43 Å². The molecule has 0 aromatic heterocycles. The van der Waals surface area contributed by atoms with Gasteiger partial charge in [0.05, 0.1) is 30.1 Å². The van der Waals surface area contributed by atoms with Crippen LogP contribution in [0.1, 0.15) is 83.4 Å². The number of hydrogen-bond acceptors (Lipinski definition) is 7. The molecule has 0 spiro atoms. The first-order valence-corrected chi connectivity index (χ1v) is 15.7. The number of likely N-dealkylation sites (tertiary alicyclic amines) is 1. The smallest absolute Gasteiger partial charge is 0.253 e. The monoisotopic (exact) mass is 597 g/mol. The predicted molar refractivity (Wildman–Crippen MR) is 168 cm³/mol. The minimum atomic E-state index is -0.504. The van der Waals surface area contributed by atoms with Crippen molar-refractivity contribution in [2.24, 2.45) is 11.8 Å². The Morgan fingerprint density at radius 2 is 1.86 bits per heavy atom. The largest absolute Gasteiger partial charge is 0.381 e. The number of nitrogens with zero attached hydrogens (tertiary/aromatic N) is 2. The molecule has 1 aromatic carbocycles. The molecule has 10 heteroatoms. The molecule has 10 nitrogen and oxygen atoms in total. The number of carbonyl (C=O) groups excluding carboxylic acids is 4. The number of ether oxygens (including phenoxy) is 1. The van der Waals surface area contributed by atoms with Crippen LogP contribution in [0.4, 0.5) is 0 Å². The summed E-state index contributed by atoms with van der Waals surface area (Å²) in [6, 6.07) is 7.07. The summed E-state index contributed by atoms with van der Waals surface area (Å²) in [5, 5.41) is 7.39. The molecule has 3 rings (SSSR count). The highest BCUT2D eigenvalue weighted by molar-refractivity contribution is 5.85. The highest BCUT2D eigenvalue weighted by Gasteiger charge is 2.37. The highest BCUT2D eigenvalue weighted by atomic mass is 16.5. The fourth-order valence-electron chi connectivity index (χ4n) is 5.80. The predicted octanol–water partition coefficient (Wildman–Crippen LogP) is 3.24. The number of nitrogens with one attached hydrogen (secondary N) is 3. The molecule has 43 heavy (non-hydrogen) atoms. The van der Waals surface area contributed by atoms with Gasteiger partial charge in [0.1, 0.15) is 12.3 Å². The molecular formula is C33H51N5O5. The molecule has 238 valence electrons. The Labute approximate surface area is 256 Å². The van der Waals surface area contributed by atoms with Gasteiger partial charge < -0.3 is 25.1 Å². The average molecular weight is 598 g/mol. The first kappa shape index (κ1) is 34.4. The third-order valence-electron chi connectivity index (χ3n) is 8.76. The zero-order chi connectivity index (χ0) is 31.5. The molecule has 2 saturated heterocycles. The minimum Gasteiger partial charge on any atom is -0.381 e. The third kappa shape index (κ3) is 9.20. The Balaban J connectivity index is 1.59. The molecule has 2 aliphatic rings. The van der Waals surface area contributed by atoms with Gasteiger partial charge in [0.15, 0.2) is 0 Å². The number of benzene rings is 1. The summed E-state index contributed by atoms with van der Waals surface area (Å²) in [7, 11) is 3.36. The molecule has 1 unspecified atom stereocenters. The first-order chi connectivity index (χ1) is 20.6. The van der Waals surface area contributed by atoms with E-state index >= 15 is 0 Å². The Morgan fingerprint density at radius 1 is 1.12 bits per heavy atom. The van der Waals surface area contributed by atoms with Crippen LogP contribution in [0, 0.1) is 11.8 Å². The number of hydrogen-bond donors (Lipinski definition) is 3. The number of allylic oxidation sites excluding steroid dienone is 1. The first-order valence-electron chi connectivity index (χ1n) is 15.7. The van der Waals surface area contributed by atoms with E-state index in [1.807, 2.05) is 44.7 Å². The molecular weight excluding hydrogens is 546 g/mol. The van der Waals surface area contributed by atoms with E-state index in [1.54, 1.807) is 19.2 Å². The van der Waals surface area contributed by atoms with Crippen molar-refractivity contribution in [1.82, 2.24) is 26.0 Å². The van der Waals surface area contributed by atoms with Crippen molar-refractivity contribution in [2.45, 2.75) is 96.5 Å². The molecule has 1 aromatic rings. The van der Waals surface area contributed by atoms with E-state index in [0.717, 1.165) is 43.1 Å². The summed E-state index contributed by atoms with van der Waals surface area (Å²) in [5.41, 5.74) is 5.36. The number of rotatable bonds is 14. The van der Waals surface area contributed by atoms with Crippen molar-refractivity contribution >= 4 is 30.1 Å². The van der Waals surface area contributed by atoms with E-state index in [2.05, 4.69) is 40.3 Å². The van der Waals surface area contributed by atoms with Gasteiger partial charge in [0, 0.05) is 20.2 Å². The van der Waals surface area contributed by atoms with Gasteiger partial charge >= 0.3 is 0 Å². The van der Waals surface area contributed by atoms with Gasteiger partial charge in [-0.3, -0.25) is 19.4 Å². The molecule has 3 amide bonds. The lowest BCUT2D eigenvalue weighted by atomic mass is 9.97. The van der Waals surface area contributed by atoms with Gasteiger partial charge in [-0.05, 0) is 75.6 Å². The fraction of sp³-hybridized carbons (Fsp3) is 0.636. The molecule has 0 aliphatic carbocycles. The lowest BCUT2D eigenvalue weighted by Gasteiger charge is -2.37. The van der Waals surface area contributed by atoms with Gasteiger partial charge in [0.25, 0.3) is 5.91 Å². The lowest BCUT2D eigenvalue weighted by molar-refractivity contribution is -0.144. The van der Waals surface area contributed by atoms with Gasteiger partial charge in [-0.1, -0.05) is 51.1 Å². The number of hydrazine groups is 1. The normalized spacial score (nSPS) is 21.9. The summed E-state index contributed by atoms with van der Waals surface area (Å²) in [6.07, 6.45) is 9.40. The standard InChI is InChI=1S/C33H51N5O5/c1-22(2)28(21-39)35-31(40)23(3)30(43-6)17-8-7-12-25-13-9-14-26(20-25)29-16-11-18-37(29)33(42)27-15-10-19-38(36-27)32(41)24(4)34-5/h7,9,12-14,20-24,27-30,34,36H,8,10-11,15-19H2,1-6H3,(H,35,40)/b12-7+/t23-,24+,27+,28-,29?,30-/m1/s1. The zero-order valence-electron chi connectivity index (χ0n) is 26.7. The topological polar surface area (TPSA) is 120 Å². The van der Waals surface area contributed by atoms with Crippen LogP contribution in [-0.2, 0) is 23.9 Å². The van der Waals surface area contributed by atoms with Gasteiger partial charge in [-0.2, -0.15) is 0 Å². The van der Waals surface area contributed by atoms with Crippen LogP contribution in [0.2, 0.25) is 0 Å². The van der Waals surface area contributed by atoms with Crippen molar-refractivity contribution in [3.8, 4) is 0 Å². The van der Waals surface area contributed by atoms with Crippen LogP contribution in [0.3, 0.4) is 0 Å². The van der Waals surface area contributed by atoms with Crippen LogP contribution in [0.5, 0.6) is 0 Å². The Hall–Kier alpha value is -3.08. The van der Waals surface area contributed by atoms with Crippen molar-refractivity contribution in [3.63, 3.8) is 0 Å². The Morgan fingerprint density at radius 3 is 2.53 bits per heavy atom. The van der Waals surface area contributed by atoms with Crippen molar-refractivity contribution in [1.29, 1.82) is 0 Å². The molecule has 2 aliphatic heterocycles. The van der Waals surface area contributed by atoms with E-state index in [1.165, 1.54) is 0 Å². The number of aldehydes is 1. The van der Waals surface area contributed by atoms with E-state index in [9.17, 15) is 19.2 Å². The highest BCUT2D eigenvalue weighted by Crippen LogP contribution is 2.33. The summed E-state index contributed by atoms with van der Waals surface area (Å²) in [4.78, 5) is 52.2. The zero-order valence-corrected chi connectivity index (χ0v) is 26.7.